The third-order valence-corrected chi connectivity index (χ3v) is 3.99. The summed E-state index contributed by atoms with van der Waals surface area (Å²) in [6, 6.07) is 7.59. The first kappa shape index (κ1) is 17.8. The first-order valence-corrected chi connectivity index (χ1v) is 8.24. The molecule has 1 aliphatic carbocycles. The Kier molecular flexibility index (Phi) is 6.42. The Morgan fingerprint density at radius 3 is 2.43 bits per heavy atom. The van der Waals surface area contributed by atoms with Crippen molar-refractivity contribution in [2.45, 2.75) is 25.9 Å². The van der Waals surface area contributed by atoms with Gasteiger partial charge in [-0.25, -0.2) is 0 Å². The highest BCUT2D eigenvalue weighted by atomic mass is 16.5. The Bertz CT molecular complexity index is 497. The Morgan fingerprint density at radius 1 is 1.22 bits per heavy atom. The molecule has 1 fully saturated rings. The van der Waals surface area contributed by atoms with Crippen LogP contribution in [0.15, 0.2) is 24.3 Å². The van der Waals surface area contributed by atoms with Gasteiger partial charge in [0.2, 0.25) is 0 Å². The summed E-state index contributed by atoms with van der Waals surface area (Å²) < 4.78 is 11.3. The van der Waals surface area contributed by atoms with E-state index in [1.807, 2.05) is 45.3 Å². The van der Waals surface area contributed by atoms with Crippen LogP contribution in [-0.2, 0) is 9.53 Å². The summed E-state index contributed by atoms with van der Waals surface area (Å²) in [5.74, 6) is 1.45. The van der Waals surface area contributed by atoms with Crippen molar-refractivity contribution in [1.82, 2.24) is 4.90 Å². The molecule has 1 unspecified atom stereocenters. The number of likely N-dealkylation sites (N-methyl/N-ethyl adjacent to an activating group) is 2. The second-order valence-corrected chi connectivity index (χ2v) is 6.46. The number of hydrogen-bond donors (Lipinski definition) is 0. The van der Waals surface area contributed by atoms with Gasteiger partial charge in [-0.1, -0.05) is 0 Å². The molecule has 1 amide bonds. The molecule has 1 atom stereocenters. The van der Waals surface area contributed by atoms with E-state index in [9.17, 15) is 4.79 Å². The van der Waals surface area contributed by atoms with E-state index < -0.39 is 6.10 Å². The van der Waals surface area contributed by atoms with Gasteiger partial charge in [-0.15, -0.1) is 0 Å². The molecule has 0 N–H and O–H groups in total. The minimum absolute atomic E-state index is 0.0214. The predicted octanol–water partition coefficient (Wildman–Crippen LogP) is 2.40. The van der Waals surface area contributed by atoms with E-state index in [1.165, 1.54) is 12.8 Å². The second kappa shape index (κ2) is 8.31. The number of nitrogens with zero attached hydrogens (tertiary/aromatic N) is 2. The lowest BCUT2D eigenvalue weighted by molar-refractivity contribution is -0.128. The minimum Gasteiger partial charge on any atom is -0.492 e. The summed E-state index contributed by atoms with van der Waals surface area (Å²) in [7, 11) is 5.81. The van der Waals surface area contributed by atoms with Crippen molar-refractivity contribution in [3.05, 3.63) is 24.3 Å². The van der Waals surface area contributed by atoms with E-state index in [0.717, 1.165) is 18.0 Å². The smallest absolute Gasteiger partial charge is 0.255 e. The number of ether oxygens (including phenoxy) is 2. The van der Waals surface area contributed by atoms with E-state index in [-0.39, 0.29) is 5.91 Å². The van der Waals surface area contributed by atoms with E-state index >= 15 is 0 Å². The zero-order chi connectivity index (χ0) is 16.8. The van der Waals surface area contributed by atoms with Crippen molar-refractivity contribution in [3.63, 3.8) is 0 Å². The van der Waals surface area contributed by atoms with Crippen molar-refractivity contribution in [2.75, 3.05) is 45.8 Å². The monoisotopic (exact) mass is 320 g/mol. The zero-order valence-corrected chi connectivity index (χ0v) is 14.6. The fraction of sp³-hybridized carbons (Fsp3) is 0.611. The number of anilines is 1. The number of carbonyl (C=O) groups is 1. The molecule has 128 valence electrons. The summed E-state index contributed by atoms with van der Waals surface area (Å²) in [6.07, 6.45) is 2.05. The average molecular weight is 320 g/mol. The molecule has 0 aromatic heterocycles. The van der Waals surface area contributed by atoms with E-state index in [1.54, 1.807) is 11.9 Å². The lowest BCUT2D eigenvalue weighted by Crippen LogP contribution is -2.36. The van der Waals surface area contributed by atoms with Crippen LogP contribution < -0.4 is 9.64 Å². The molecule has 23 heavy (non-hydrogen) atoms. The third-order valence-electron chi connectivity index (χ3n) is 3.99. The van der Waals surface area contributed by atoms with E-state index in [2.05, 4.69) is 4.90 Å². The Hall–Kier alpha value is -1.59. The molecule has 0 radical (unpaired) electrons. The predicted molar refractivity (Wildman–Crippen MR) is 92.0 cm³/mol. The largest absolute Gasteiger partial charge is 0.492 e. The van der Waals surface area contributed by atoms with Crippen LogP contribution in [0.25, 0.3) is 0 Å². The molecular weight excluding hydrogens is 292 g/mol. The Labute approximate surface area is 139 Å². The summed E-state index contributed by atoms with van der Waals surface area (Å²) in [4.78, 5) is 16.1. The molecule has 2 rings (SSSR count). The molecular formula is C18H28N2O3. The first-order chi connectivity index (χ1) is 11.0. The van der Waals surface area contributed by atoms with Crippen molar-refractivity contribution < 1.29 is 14.3 Å². The number of benzene rings is 1. The van der Waals surface area contributed by atoms with Gasteiger partial charge in [-0.05, 0) is 64.0 Å². The fourth-order valence-electron chi connectivity index (χ4n) is 2.15. The van der Waals surface area contributed by atoms with Crippen molar-refractivity contribution in [2.24, 2.45) is 5.92 Å². The summed E-state index contributed by atoms with van der Waals surface area (Å²) in [5, 5.41) is 0. The molecule has 0 saturated heterocycles. The summed E-state index contributed by atoms with van der Waals surface area (Å²) in [6.45, 7) is 4.03. The van der Waals surface area contributed by atoms with Gasteiger partial charge in [0.15, 0.2) is 0 Å². The number of hydrogen-bond acceptors (Lipinski definition) is 4. The maximum Gasteiger partial charge on any atom is 0.255 e. The molecule has 0 heterocycles. The van der Waals surface area contributed by atoms with E-state index in [4.69, 9.17) is 9.47 Å². The zero-order valence-electron chi connectivity index (χ0n) is 14.6. The highest BCUT2D eigenvalue weighted by Gasteiger charge is 2.25. The quantitative estimate of drug-likeness (QED) is 0.701. The number of carbonyl (C=O) groups excluding carboxylic acids is 1. The van der Waals surface area contributed by atoms with Gasteiger partial charge in [-0.2, -0.15) is 0 Å². The molecule has 5 heteroatoms. The molecule has 0 aliphatic heterocycles. The highest BCUT2D eigenvalue weighted by molar-refractivity contribution is 5.95. The Morgan fingerprint density at radius 2 is 1.87 bits per heavy atom. The maximum absolute atomic E-state index is 12.4. The van der Waals surface area contributed by atoms with Crippen LogP contribution in [0.1, 0.15) is 19.8 Å². The SMILES string of the molecule is CC(OCC1CC1)C(=O)N(C)c1ccc(OCCN(C)C)cc1. The van der Waals surface area contributed by atoms with Gasteiger partial charge < -0.3 is 19.3 Å². The molecule has 1 saturated carbocycles. The van der Waals surface area contributed by atoms with E-state index in [0.29, 0.717) is 19.1 Å². The van der Waals surface area contributed by atoms with Crippen LogP contribution in [-0.4, -0.2) is 57.8 Å². The van der Waals surface area contributed by atoms with Crippen LogP contribution in [0.5, 0.6) is 5.75 Å². The molecule has 0 bridgehead atoms. The van der Waals surface area contributed by atoms with Crippen LogP contribution in [0, 0.1) is 5.92 Å². The number of rotatable bonds is 9. The maximum atomic E-state index is 12.4. The van der Waals surface area contributed by atoms with Gasteiger partial charge >= 0.3 is 0 Å². The van der Waals surface area contributed by atoms with Crippen LogP contribution in [0.3, 0.4) is 0 Å². The summed E-state index contributed by atoms with van der Waals surface area (Å²) >= 11 is 0. The topological polar surface area (TPSA) is 42.0 Å². The fourth-order valence-corrected chi connectivity index (χ4v) is 2.15. The summed E-state index contributed by atoms with van der Waals surface area (Å²) in [5.41, 5.74) is 0.844. The van der Waals surface area contributed by atoms with Gasteiger partial charge in [0.05, 0.1) is 6.61 Å². The number of amides is 1. The Balaban J connectivity index is 1.82. The first-order valence-electron chi connectivity index (χ1n) is 8.24. The van der Waals surface area contributed by atoms with Gasteiger partial charge in [0.25, 0.3) is 5.91 Å². The molecule has 5 nitrogen and oxygen atoms in total. The normalized spacial score (nSPS) is 15.5. The van der Waals surface area contributed by atoms with Crippen molar-refractivity contribution >= 4 is 11.6 Å². The molecule has 1 aromatic rings. The van der Waals surface area contributed by atoms with Crippen molar-refractivity contribution in [3.8, 4) is 5.75 Å². The van der Waals surface area contributed by atoms with Gasteiger partial charge in [0.1, 0.15) is 18.5 Å². The highest BCUT2D eigenvalue weighted by Crippen LogP contribution is 2.29. The molecule has 1 aliphatic rings. The van der Waals surface area contributed by atoms with Gasteiger partial charge in [0, 0.05) is 19.3 Å². The van der Waals surface area contributed by atoms with Crippen LogP contribution >= 0.6 is 0 Å². The average Bonchev–Trinajstić information content (AvgIpc) is 3.36. The standard InChI is InChI=1S/C18H28N2O3/c1-14(23-13-15-5-6-15)18(21)20(4)16-7-9-17(10-8-16)22-12-11-19(2)3/h7-10,14-15H,5-6,11-13H2,1-4H3. The minimum atomic E-state index is -0.406. The van der Waals surface area contributed by atoms with Crippen LogP contribution in [0.2, 0.25) is 0 Å². The van der Waals surface area contributed by atoms with Gasteiger partial charge in [-0.3, -0.25) is 4.79 Å². The lowest BCUT2D eigenvalue weighted by atomic mass is 10.2. The molecule has 0 spiro atoms. The third kappa shape index (κ3) is 5.84. The van der Waals surface area contributed by atoms with Crippen LogP contribution in [0.4, 0.5) is 5.69 Å². The van der Waals surface area contributed by atoms with Crippen molar-refractivity contribution in [1.29, 1.82) is 0 Å². The second-order valence-electron chi connectivity index (χ2n) is 6.46. The lowest BCUT2D eigenvalue weighted by Gasteiger charge is -2.22. The molecule has 1 aromatic carbocycles.